The van der Waals surface area contributed by atoms with E-state index in [2.05, 4.69) is 11.2 Å². The van der Waals surface area contributed by atoms with Crippen molar-refractivity contribution in [3.8, 4) is 11.8 Å². The van der Waals surface area contributed by atoms with Gasteiger partial charge in [-0.25, -0.2) is 9.59 Å². The van der Waals surface area contributed by atoms with Crippen molar-refractivity contribution in [1.82, 2.24) is 9.78 Å². The predicted octanol–water partition coefficient (Wildman–Crippen LogP) is 2.90. The zero-order chi connectivity index (χ0) is 26.5. The van der Waals surface area contributed by atoms with Crippen LogP contribution in [-0.2, 0) is 32.7 Å². The van der Waals surface area contributed by atoms with E-state index >= 15 is 0 Å². The second-order valence-corrected chi connectivity index (χ2v) is 8.11. The Labute approximate surface area is 213 Å². The van der Waals surface area contributed by atoms with E-state index in [0.717, 1.165) is 5.56 Å². The molecule has 0 aliphatic carbocycles. The number of allylic oxidation sites excluding steroid dienone is 1. The molecule has 0 spiro atoms. The first-order valence-electron chi connectivity index (χ1n) is 11.3. The number of para-hydroxylation sites is 2. The van der Waals surface area contributed by atoms with Gasteiger partial charge in [-0.05, 0) is 17.7 Å². The highest BCUT2D eigenvalue weighted by atomic mass is 16.5. The van der Waals surface area contributed by atoms with Crippen molar-refractivity contribution in [3.05, 3.63) is 101 Å². The third-order valence-electron chi connectivity index (χ3n) is 5.87. The lowest BCUT2D eigenvalue weighted by molar-refractivity contribution is -0.139. The number of esters is 2. The highest BCUT2D eigenvalue weighted by molar-refractivity contribution is 6.06. The van der Waals surface area contributed by atoms with Crippen LogP contribution in [0.2, 0.25) is 0 Å². The van der Waals surface area contributed by atoms with E-state index in [1.54, 1.807) is 72.5 Å². The van der Waals surface area contributed by atoms with E-state index in [-0.39, 0.29) is 29.3 Å². The summed E-state index contributed by atoms with van der Waals surface area (Å²) in [5, 5.41) is 14.3. The number of nitrogens with two attached hydrogens (primary N) is 1. The van der Waals surface area contributed by atoms with Crippen molar-refractivity contribution < 1.29 is 23.8 Å². The molecule has 0 radical (unpaired) electrons. The van der Waals surface area contributed by atoms with Gasteiger partial charge in [-0.2, -0.15) is 10.4 Å². The smallest absolute Gasteiger partial charge is 0.355 e. The maximum atomic E-state index is 13.2. The topological polar surface area (TPSA) is 133 Å². The van der Waals surface area contributed by atoms with Gasteiger partial charge >= 0.3 is 11.9 Å². The molecule has 0 bridgehead atoms. The molecule has 1 aliphatic rings. The maximum absolute atomic E-state index is 13.2. The summed E-state index contributed by atoms with van der Waals surface area (Å²) in [6.45, 7) is 0.182. The number of nitriles is 1. The van der Waals surface area contributed by atoms with E-state index < -0.39 is 17.9 Å². The number of methoxy groups -OCH3 is 2. The lowest BCUT2D eigenvalue weighted by Crippen LogP contribution is -2.41. The van der Waals surface area contributed by atoms with Crippen LogP contribution in [0.25, 0.3) is 0 Å². The van der Waals surface area contributed by atoms with Gasteiger partial charge in [-0.15, -0.1) is 0 Å². The van der Waals surface area contributed by atoms with Crippen LogP contribution in [0.5, 0.6) is 5.75 Å². The zero-order valence-corrected chi connectivity index (χ0v) is 20.5. The van der Waals surface area contributed by atoms with Gasteiger partial charge in [0.1, 0.15) is 23.9 Å². The highest BCUT2D eigenvalue weighted by Gasteiger charge is 2.43. The molecule has 2 N–H and O–H groups in total. The summed E-state index contributed by atoms with van der Waals surface area (Å²) in [5.41, 5.74) is 8.15. The van der Waals surface area contributed by atoms with Crippen molar-refractivity contribution in [2.45, 2.75) is 12.5 Å². The van der Waals surface area contributed by atoms with Gasteiger partial charge in [-0.1, -0.05) is 42.5 Å². The van der Waals surface area contributed by atoms with E-state index in [0.29, 0.717) is 17.0 Å². The lowest BCUT2D eigenvalue weighted by atomic mass is 9.81. The molecule has 2 heterocycles. The maximum Gasteiger partial charge on any atom is 0.355 e. The summed E-state index contributed by atoms with van der Waals surface area (Å²) >= 11 is 0. The molecule has 0 fully saturated rings. The molecule has 1 atom stereocenters. The van der Waals surface area contributed by atoms with Crippen molar-refractivity contribution in [2.24, 2.45) is 12.8 Å². The molecule has 4 rings (SSSR count). The Balaban J connectivity index is 1.94. The molecule has 10 heteroatoms. The summed E-state index contributed by atoms with van der Waals surface area (Å²) in [4.78, 5) is 27.8. The van der Waals surface area contributed by atoms with Gasteiger partial charge in [0.15, 0.2) is 0 Å². The number of hydrogen-bond donors (Lipinski definition) is 1. The fraction of sp³-hybridized carbons (Fsp3) is 0.185. The molecule has 0 saturated heterocycles. The number of nitrogens with zero attached hydrogens (tertiary/aromatic N) is 4. The first-order valence-corrected chi connectivity index (χ1v) is 11.3. The molecular formula is C27H25N5O5. The fourth-order valence-corrected chi connectivity index (χ4v) is 4.24. The van der Waals surface area contributed by atoms with Crippen LogP contribution in [0.15, 0.2) is 89.7 Å². The van der Waals surface area contributed by atoms with Crippen molar-refractivity contribution in [1.29, 1.82) is 5.26 Å². The number of carbonyl (C=O) groups excluding carboxylic acids is 2. The van der Waals surface area contributed by atoms with Gasteiger partial charge in [0.2, 0.25) is 0 Å². The number of anilines is 1. The van der Waals surface area contributed by atoms with E-state index in [9.17, 15) is 14.9 Å². The Kier molecular flexibility index (Phi) is 7.25. The number of ether oxygens (including phenoxy) is 3. The third-order valence-corrected chi connectivity index (χ3v) is 5.87. The van der Waals surface area contributed by atoms with E-state index in [4.69, 9.17) is 19.9 Å². The van der Waals surface area contributed by atoms with Gasteiger partial charge in [0.25, 0.3) is 0 Å². The standard InChI is InChI=1S/C27H25N5O5/c1-31-15-17(14-30-31)16-37-21-12-8-7-11-20(21)32-24(27(34)36-3)23(26(33)35-2)22(19(13-28)25(32)29)18-9-5-4-6-10-18/h4-12,14-15,22H,16,29H2,1-3H3. The van der Waals surface area contributed by atoms with Crippen LogP contribution < -0.4 is 15.4 Å². The molecular weight excluding hydrogens is 474 g/mol. The minimum absolute atomic E-state index is 0.0400. The molecule has 10 nitrogen and oxygen atoms in total. The number of benzene rings is 2. The lowest BCUT2D eigenvalue weighted by Gasteiger charge is -2.36. The monoisotopic (exact) mass is 499 g/mol. The van der Waals surface area contributed by atoms with Crippen molar-refractivity contribution in [2.75, 3.05) is 19.1 Å². The zero-order valence-electron chi connectivity index (χ0n) is 20.5. The predicted molar refractivity (Wildman–Crippen MR) is 134 cm³/mol. The molecule has 0 amide bonds. The quantitative estimate of drug-likeness (QED) is 0.487. The van der Waals surface area contributed by atoms with Gasteiger partial charge in [0, 0.05) is 18.8 Å². The van der Waals surface area contributed by atoms with Gasteiger partial charge in [-0.3, -0.25) is 9.58 Å². The van der Waals surface area contributed by atoms with Crippen LogP contribution >= 0.6 is 0 Å². The Hall–Kier alpha value is -5.04. The first kappa shape index (κ1) is 25.1. The summed E-state index contributed by atoms with van der Waals surface area (Å²) in [6.07, 6.45) is 3.48. The van der Waals surface area contributed by atoms with Crippen LogP contribution in [0.3, 0.4) is 0 Å². The number of carbonyl (C=O) groups is 2. The average Bonchev–Trinajstić information content (AvgIpc) is 3.35. The Morgan fingerprint density at radius 2 is 1.73 bits per heavy atom. The molecule has 188 valence electrons. The molecule has 1 aliphatic heterocycles. The Morgan fingerprint density at radius 3 is 2.35 bits per heavy atom. The summed E-state index contributed by atoms with van der Waals surface area (Å²) in [5.74, 6) is -2.26. The molecule has 1 aromatic heterocycles. The number of aryl methyl sites for hydroxylation is 1. The largest absolute Gasteiger partial charge is 0.487 e. The molecule has 0 saturated carbocycles. The summed E-state index contributed by atoms with van der Waals surface area (Å²) in [6, 6.07) is 17.8. The number of rotatable bonds is 7. The van der Waals surface area contributed by atoms with Crippen molar-refractivity contribution in [3.63, 3.8) is 0 Å². The van der Waals surface area contributed by atoms with Crippen LogP contribution in [0.4, 0.5) is 5.69 Å². The normalized spacial score (nSPS) is 15.3. The second kappa shape index (κ2) is 10.7. The minimum Gasteiger partial charge on any atom is -0.487 e. The third kappa shape index (κ3) is 4.75. The van der Waals surface area contributed by atoms with E-state index in [1.807, 2.05) is 6.20 Å². The summed E-state index contributed by atoms with van der Waals surface area (Å²) < 4.78 is 17.9. The minimum atomic E-state index is -0.951. The fourth-order valence-electron chi connectivity index (χ4n) is 4.24. The van der Waals surface area contributed by atoms with Gasteiger partial charge < -0.3 is 19.9 Å². The second-order valence-electron chi connectivity index (χ2n) is 8.11. The molecule has 1 unspecified atom stereocenters. The SMILES string of the molecule is COC(=O)C1=C(C(=O)OC)N(c2ccccc2OCc2cnn(C)c2)C(N)=C(C#N)C1c1ccccc1. The Bertz CT molecular complexity index is 1430. The highest BCUT2D eigenvalue weighted by Crippen LogP contribution is 2.45. The molecule has 37 heavy (non-hydrogen) atoms. The van der Waals surface area contributed by atoms with Crippen LogP contribution in [0.1, 0.15) is 17.0 Å². The van der Waals surface area contributed by atoms with E-state index in [1.165, 1.54) is 19.1 Å². The average molecular weight is 500 g/mol. The number of hydrogen-bond acceptors (Lipinski definition) is 9. The Morgan fingerprint density at radius 1 is 1.05 bits per heavy atom. The van der Waals surface area contributed by atoms with Crippen molar-refractivity contribution >= 4 is 17.6 Å². The van der Waals surface area contributed by atoms with Gasteiger partial charge in [0.05, 0.1) is 49.2 Å². The molecule has 2 aromatic carbocycles. The number of aromatic nitrogens is 2. The van der Waals surface area contributed by atoms with Crippen LogP contribution in [-0.4, -0.2) is 35.9 Å². The molecule has 3 aromatic rings. The van der Waals surface area contributed by atoms with Crippen LogP contribution in [0, 0.1) is 11.3 Å². The first-order chi connectivity index (χ1) is 17.9. The summed E-state index contributed by atoms with van der Waals surface area (Å²) in [7, 11) is 4.20.